The van der Waals surface area contributed by atoms with Crippen molar-refractivity contribution in [3.63, 3.8) is 0 Å². The van der Waals surface area contributed by atoms with Crippen LogP contribution in [0.4, 0.5) is 0 Å². The Morgan fingerprint density at radius 1 is 1.43 bits per heavy atom. The summed E-state index contributed by atoms with van der Waals surface area (Å²) in [5, 5.41) is 9.64. The number of hydrogen-bond donors (Lipinski definition) is 1. The van der Waals surface area contributed by atoms with Gasteiger partial charge >= 0.3 is 6.72 Å². The minimum Gasteiger partial charge on any atom is -0.402 e. The normalized spacial score (nSPS) is 11.6. The monoisotopic (exact) mass is 237 g/mol. The summed E-state index contributed by atoms with van der Waals surface area (Å²) in [7, 11) is 0. The standard InChI is InChI=1S/C6H12N3O3PS/c1-3-10-13(14,11-4-2)12-6-5-7-9-8-6/h5H,3-4H2,1-2H3,(H,7,8,9). The molecular weight excluding hydrogens is 225 g/mol. The van der Waals surface area contributed by atoms with Crippen molar-refractivity contribution in [2.45, 2.75) is 13.8 Å². The lowest BCUT2D eigenvalue weighted by Gasteiger charge is -2.18. The summed E-state index contributed by atoms with van der Waals surface area (Å²) in [6.45, 7) is 1.83. The van der Waals surface area contributed by atoms with Gasteiger partial charge in [-0.05, 0) is 13.8 Å². The third kappa shape index (κ3) is 3.34. The van der Waals surface area contributed by atoms with Crippen LogP contribution in [0.5, 0.6) is 5.88 Å². The Hall–Kier alpha value is -0.490. The minimum absolute atomic E-state index is 0.287. The molecule has 0 bridgehead atoms. The Morgan fingerprint density at radius 3 is 2.50 bits per heavy atom. The van der Waals surface area contributed by atoms with Crippen LogP contribution in [0.3, 0.4) is 0 Å². The molecule has 8 heteroatoms. The number of rotatable bonds is 6. The molecular formula is C6H12N3O3PS. The number of nitrogens with zero attached hydrogens (tertiary/aromatic N) is 2. The van der Waals surface area contributed by atoms with Gasteiger partial charge in [-0.1, -0.05) is 10.3 Å². The van der Waals surface area contributed by atoms with Crippen LogP contribution in [0.15, 0.2) is 6.20 Å². The van der Waals surface area contributed by atoms with Crippen molar-refractivity contribution in [2.75, 3.05) is 13.2 Å². The fourth-order valence-corrected chi connectivity index (χ4v) is 2.75. The number of H-pyrrole nitrogens is 1. The molecule has 0 fully saturated rings. The van der Waals surface area contributed by atoms with Crippen LogP contribution in [0, 0.1) is 0 Å². The lowest BCUT2D eigenvalue weighted by Crippen LogP contribution is -2.02. The predicted octanol–water partition coefficient (Wildman–Crippen LogP) is 1.48. The quantitative estimate of drug-likeness (QED) is 0.756. The van der Waals surface area contributed by atoms with E-state index in [0.29, 0.717) is 13.2 Å². The molecule has 6 nitrogen and oxygen atoms in total. The minimum atomic E-state index is -2.70. The molecule has 0 atom stereocenters. The molecule has 0 unspecified atom stereocenters. The largest absolute Gasteiger partial charge is 0.402 e. The van der Waals surface area contributed by atoms with Gasteiger partial charge in [0.15, 0.2) is 0 Å². The van der Waals surface area contributed by atoms with Gasteiger partial charge in [0.05, 0.1) is 19.4 Å². The van der Waals surface area contributed by atoms with Gasteiger partial charge in [-0.15, -0.1) is 0 Å². The molecule has 0 radical (unpaired) electrons. The summed E-state index contributed by atoms with van der Waals surface area (Å²) in [5.41, 5.74) is 0. The summed E-state index contributed by atoms with van der Waals surface area (Å²) < 4.78 is 15.8. The van der Waals surface area contributed by atoms with Crippen molar-refractivity contribution in [2.24, 2.45) is 0 Å². The van der Waals surface area contributed by atoms with E-state index in [1.165, 1.54) is 6.20 Å². The Bertz CT molecular complexity index is 295. The predicted molar refractivity (Wildman–Crippen MR) is 54.5 cm³/mol. The lowest BCUT2D eigenvalue weighted by atomic mass is 10.9. The maximum Gasteiger partial charge on any atom is 0.381 e. The van der Waals surface area contributed by atoms with Gasteiger partial charge in [-0.25, -0.2) is 0 Å². The Morgan fingerprint density at radius 2 is 2.07 bits per heavy atom. The van der Waals surface area contributed by atoms with Crippen LogP contribution in [0.1, 0.15) is 13.8 Å². The fourth-order valence-electron chi connectivity index (χ4n) is 0.756. The van der Waals surface area contributed by atoms with E-state index in [-0.39, 0.29) is 5.88 Å². The molecule has 1 heterocycles. The molecule has 1 rings (SSSR count). The lowest BCUT2D eigenvalue weighted by molar-refractivity contribution is 0.216. The van der Waals surface area contributed by atoms with E-state index in [1.807, 2.05) is 13.8 Å². The van der Waals surface area contributed by atoms with Gasteiger partial charge in [0.1, 0.15) is 0 Å². The molecule has 1 N–H and O–H groups in total. The summed E-state index contributed by atoms with van der Waals surface area (Å²) in [4.78, 5) is 0. The van der Waals surface area contributed by atoms with Crippen LogP contribution in [-0.2, 0) is 20.9 Å². The van der Waals surface area contributed by atoms with Crippen molar-refractivity contribution < 1.29 is 13.6 Å². The van der Waals surface area contributed by atoms with E-state index in [2.05, 4.69) is 15.4 Å². The number of aromatic nitrogens is 3. The van der Waals surface area contributed by atoms with E-state index in [4.69, 9.17) is 25.4 Å². The first-order chi connectivity index (χ1) is 6.70. The summed E-state index contributed by atoms with van der Waals surface area (Å²) in [6.07, 6.45) is 1.49. The highest BCUT2D eigenvalue weighted by molar-refractivity contribution is 8.07. The van der Waals surface area contributed by atoms with Gasteiger partial charge in [0, 0.05) is 11.8 Å². The zero-order valence-corrected chi connectivity index (χ0v) is 9.68. The first-order valence-corrected chi connectivity index (χ1v) is 6.71. The van der Waals surface area contributed by atoms with Crippen LogP contribution >= 0.6 is 6.72 Å². The maximum atomic E-state index is 5.30. The topological polar surface area (TPSA) is 69.3 Å². The molecule has 0 saturated heterocycles. The van der Waals surface area contributed by atoms with E-state index in [1.54, 1.807) is 0 Å². The van der Waals surface area contributed by atoms with E-state index in [9.17, 15) is 0 Å². The van der Waals surface area contributed by atoms with Crippen molar-refractivity contribution >= 4 is 18.5 Å². The highest BCUT2D eigenvalue weighted by Crippen LogP contribution is 2.48. The van der Waals surface area contributed by atoms with Crippen LogP contribution < -0.4 is 4.52 Å². The average Bonchev–Trinajstić information content (AvgIpc) is 2.57. The molecule has 0 amide bonds. The Kier molecular flexibility index (Phi) is 4.47. The molecule has 80 valence electrons. The molecule has 1 aromatic heterocycles. The third-order valence-electron chi connectivity index (χ3n) is 1.17. The average molecular weight is 237 g/mol. The van der Waals surface area contributed by atoms with E-state index >= 15 is 0 Å². The Labute approximate surface area is 87.2 Å². The summed E-state index contributed by atoms with van der Waals surface area (Å²) in [5.74, 6) is 0.287. The fraction of sp³-hybridized carbons (Fsp3) is 0.667. The third-order valence-corrected chi connectivity index (χ3v) is 3.59. The molecule has 0 aliphatic heterocycles. The second-order valence-electron chi connectivity index (χ2n) is 2.19. The van der Waals surface area contributed by atoms with Crippen LogP contribution in [0.2, 0.25) is 0 Å². The summed E-state index contributed by atoms with van der Waals surface area (Å²) in [6, 6.07) is 0. The van der Waals surface area contributed by atoms with Gasteiger partial charge in [0.2, 0.25) is 0 Å². The van der Waals surface area contributed by atoms with E-state index < -0.39 is 6.72 Å². The van der Waals surface area contributed by atoms with Gasteiger partial charge in [-0.2, -0.15) is 0 Å². The second-order valence-corrected chi connectivity index (χ2v) is 5.12. The number of nitrogens with one attached hydrogen (secondary N) is 1. The van der Waals surface area contributed by atoms with Crippen molar-refractivity contribution in [3.05, 3.63) is 6.20 Å². The van der Waals surface area contributed by atoms with Crippen LogP contribution in [0.25, 0.3) is 0 Å². The highest BCUT2D eigenvalue weighted by atomic mass is 32.5. The molecule has 0 aliphatic rings. The first-order valence-electron chi connectivity index (χ1n) is 4.15. The zero-order chi connectivity index (χ0) is 10.4. The zero-order valence-electron chi connectivity index (χ0n) is 7.97. The van der Waals surface area contributed by atoms with Crippen molar-refractivity contribution in [1.29, 1.82) is 0 Å². The van der Waals surface area contributed by atoms with E-state index in [0.717, 1.165) is 0 Å². The summed E-state index contributed by atoms with van der Waals surface area (Å²) >= 11 is 5.11. The van der Waals surface area contributed by atoms with Gasteiger partial charge in [0.25, 0.3) is 5.88 Å². The Balaban J connectivity index is 2.64. The SMILES string of the molecule is CCOP(=S)(OCC)Oc1c[nH]nn1. The molecule has 0 saturated carbocycles. The van der Waals surface area contributed by atoms with Crippen molar-refractivity contribution in [3.8, 4) is 5.88 Å². The molecule has 0 aromatic carbocycles. The maximum absolute atomic E-state index is 5.30. The molecule has 0 spiro atoms. The molecule has 1 aromatic rings. The van der Waals surface area contributed by atoms with Crippen molar-refractivity contribution in [1.82, 2.24) is 15.4 Å². The van der Waals surface area contributed by atoms with Gasteiger partial charge in [-0.3, -0.25) is 14.1 Å². The smallest absolute Gasteiger partial charge is 0.381 e. The highest BCUT2D eigenvalue weighted by Gasteiger charge is 2.22. The number of aromatic amines is 1. The molecule has 14 heavy (non-hydrogen) atoms. The molecule has 0 aliphatic carbocycles. The first kappa shape index (κ1) is 11.6. The van der Waals surface area contributed by atoms with Crippen LogP contribution in [-0.4, -0.2) is 28.6 Å². The van der Waals surface area contributed by atoms with Gasteiger partial charge < -0.3 is 4.52 Å². The number of hydrogen-bond acceptors (Lipinski definition) is 6. The second kappa shape index (κ2) is 5.41.